The number of carbonyl (C=O) groups excluding carboxylic acids is 1. The summed E-state index contributed by atoms with van der Waals surface area (Å²) in [7, 11) is 1.27. The summed E-state index contributed by atoms with van der Waals surface area (Å²) in [4.78, 5) is 10.9. The van der Waals surface area contributed by atoms with Crippen molar-refractivity contribution in [2.75, 3.05) is 7.11 Å². The fraction of sp³-hybridized carbons (Fsp3) is 0.750. The first-order valence-corrected chi connectivity index (χ1v) is 3.74. The molecule has 0 aromatic rings. The van der Waals surface area contributed by atoms with Gasteiger partial charge in [0.25, 0.3) is 6.26 Å². The summed E-state index contributed by atoms with van der Waals surface area (Å²) in [5, 5.41) is 8.21. The van der Waals surface area contributed by atoms with Gasteiger partial charge >= 0.3 is 5.97 Å². The van der Waals surface area contributed by atoms with Gasteiger partial charge in [0, 0.05) is 0 Å². The number of hydrogen-bond donors (Lipinski definition) is 0. The molecule has 1 atom stereocenters. The van der Waals surface area contributed by atoms with E-state index < -0.39 is 12.1 Å². The summed E-state index contributed by atoms with van der Waals surface area (Å²) in [6.07, 6.45) is 1.24. The molecule has 68 valence electrons. The molecule has 0 fully saturated rings. The number of esters is 1. The smallest absolute Gasteiger partial charge is 0.348 e. The second-order valence-corrected chi connectivity index (χ2v) is 2.85. The number of carbonyl (C=O) groups is 1. The third-order valence-corrected chi connectivity index (χ3v) is 1.34. The minimum atomic E-state index is -0.750. The molecule has 0 N–H and O–H groups in total. The maximum absolute atomic E-state index is 10.9. The van der Waals surface area contributed by atoms with Crippen LogP contribution in [0.3, 0.4) is 0 Å². The highest BCUT2D eigenvalue weighted by Gasteiger charge is 2.21. The summed E-state index contributed by atoms with van der Waals surface area (Å²) in [6.45, 7) is 3.88. The Balaban J connectivity index is 4.05. The summed E-state index contributed by atoms with van der Waals surface area (Å²) in [5.74, 6) is -0.201. The Labute approximate surface area is 72.1 Å². The molecule has 0 aliphatic heterocycles. The van der Waals surface area contributed by atoms with E-state index in [9.17, 15) is 4.79 Å². The number of ether oxygens (including phenoxy) is 2. The van der Waals surface area contributed by atoms with Gasteiger partial charge in [-0.2, -0.15) is 5.26 Å². The second-order valence-electron chi connectivity index (χ2n) is 2.85. The highest BCUT2D eigenvalue weighted by Crippen LogP contribution is 2.08. The van der Waals surface area contributed by atoms with Gasteiger partial charge in [-0.05, 0) is 12.3 Å². The Hall–Kier alpha value is -1.24. The number of rotatable bonds is 4. The van der Waals surface area contributed by atoms with Gasteiger partial charge in [-0.3, -0.25) is 0 Å². The molecule has 0 amide bonds. The Bertz CT molecular complexity index is 183. The van der Waals surface area contributed by atoms with Crippen LogP contribution in [0.2, 0.25) is 0 Å². The molecular formula is C8H13NO3. The lowest BCUT2D eigenvalue weighted by Gasteiger charge is -2.12. The summed E-state index contributed by atoms with van der Waals surface area (Å²) in [5.41, 5.74) is 0. The Morgan fingerprint density at radius 2 is 2.17 bits per heavy atom. The van der Waals surface area contributed by atoms with Crippen LogP contribution in [0.25, 0.3) is 0 Å². The quantitative estimate of drug-likeness (QED) is 0.469. The van der Waals surface area contributed by atoms with Gasteiger partial charge < -0.3 is 9.47 Å². The minimum absolute atomic E-state index is 0.294. The summed E-state index contributed by atoms with van der Waals surface area (Å²) < 4.78 is 8.99. The standard InChI is InChI=1S/C8H13NO3/c1-6(2)4-7(12-5-9)8(10)11-3/h6-7H,4H2,1-3H3. The maximum atomic E-state index is 10.9. The lowest BCUT2D eigenvalue weighted by atomic mass is 10.1. The van der Waals surface area contributed by atoms with E-state index in [1.807, 2.05) is 13.8 Å². The van der Waals surface area contributed by atoms with Gasteiger partial charge in [-0.25, -0.2) is 4.79 Å². The highest BCUT2D eigenvalue weighted by atomic mass is 16.6. The molecule has 0 saturated heterocycles. The van der Waals surface area contributed by atoms with Crippen molar-refractivity contribution in [2.45, 2.75) is 26.4 Å². The van der Waals surface area contributed by atoms with Crippen molar-refractivity contribution < 1.29 is 14.3 Å². The molecule has 0 saturated carbocycles. The highest BCUT2D eigenvalue weighted by molar-refractivity contribution is 5.74. The average molecular weight is 171 g/mol. The van der Waals surface area contributed by atoms with E-state index in [1.54, 1.807) is 0 Å². The van der Waals surface area contributed by atoms with Crippen LogP contribution >= 0.6 is 0 Å². The molecule has 0 heterocycles. The largest absolute Gasteiger partial charge is 0.466 e. The summed E-state index contributed by atoms with van der Waals surface area (Å²) in [6, 6.07) is 0. The van der Waals surface area contributed by atoms with Crippen molar-refractivity contribution in [2.24, 2.45) is 5.92 Å². The lowest BCUT2D eigenvalue weighted by molar-refractivity contribution is -0.151. The van der Waals surface area contributed by atoms with Crippen LogP contribution in [0.1, 0.15) is 20.3 Å². The van der Waals surface area contributed by atoms with Gasteiger partial charge in [-0.15, -0.1) is 0 Å². The SMILES string of the molecule is COC(=O)C(CC(C)C)OC#N. The fourth-order valence-corrected chi connectivity index (χ4v) is 0.816. The van der Waals surface area contributed by atoms with Crippen molar-refractivity contribution in [3.8, 4) is 6.26 Å². The first-order valence-electron chi connectivity index (χ1n) is 3.74. The Kier molecular flexibility index (Phi) is 4.86. The molecule has 4 nitrogen and oxygen atoms in total. The zero-order valence-electron chi connectivity index (χ0n) is 7.53. The van der Waals surface area contributed by atoms with Gasteiger partial charge in [0.15, 0.2) is 0 Å². The molecule has 1 unspecified atom stereocenters. The minimum Gasteiger partial charge on any atom is -0.466 e. The first-order chi connectivity index (χ1) is 5.61. The Morgan fingerprint density at radius 3 is 2.50 bits per heavy atom. The zero-order chi connectivity index (χ0) is 9.56. The van der Waals surface area contributed by atoms with Gasteiger partial charge in [0.05, 0.1) is 7.11 Å². The van der Waals surface area contributed by atoms with E-state index in [4.69, 9.17) is 5.26 Å². The van der Waals surface area contributed by atoms with Crippen molar-refractivity contribution in [1.29, 1.82) is 5.26 Å². The van der Waals surface area contributed by atoms with E-state index in [1.165, 1.54) is 13.4 Å². The first kappa shape index (κ1) is 10.8. The van der Waals surface area contributed by atoms with Crippen LogP contribution in [0.15, 0.2) is 0 Å². The lowest BCUT2D eigenvalue weighted by Crippen LogP contribution is -2.25. The van der Waals surface area contributed by atoms with Crippen molar-refractivity contribution in [3.63, 3.8) is 0 Å². The number of hydrogen-bond acceptors (Lipinski definition) is 4. The van der Waals surface area contributed by atoms with Gasteiger partial charge in [0.2, 0.25) is 6.10 Å². The third kappa shape index (κ3) is 3.81. The average Bonchev–Trinajstić information content (AvgIpc) is 2.01. The normalized spacial score (nSPS) is 11.9. The molecule has 12 heavy (non-hydrogen) atoms. The van der Waals surface area contributed by atoms with E-state index >= 15 is 0 Å². The monoisotopic (exact) mass is 171 g/mol. The molecule has 4 heteroatoms. The Morgan fingerprint density at radius 1 is 1.58 bits per heavy atom. The second kappa shape index (κ2) is 5.42. The predicted octanol–water partition coefficient (Wildman–Crippen LogP) is 1.07. The predicted molar refractivity (Wildman–Crippen MR) is 42.0 cm³/mol. The molecule has 0 spiro atoms. The van der Waals surface area contributed by atoms with E-state index in [0.717, 1.165) is 0 Å². The van der Waals surface area contributed by atoms with Gasteiger partial charge in [-0.1, -0.05) is 13.8 Å². The molecular weight excluding hydrogens is 158 g/mol. The van der Waals surface area contributed by atoms with Crippen molar-refractivity contribution in [3.05, 3.63) is 0 Å². The molecule has 0 aliphatic rings. The van der Waals surface area contributed by atoms with Crippen molar-refractivity contribution >= 4 is 5.97 Å². The molecule has 0 rings (SSSR count). The fourth-order valence-electron chi connectivity index (χ4n) is 0.816. The maximum Gasteiger partial charge on any atom is 0.348 e. The van der Waals surface area contributed by atoms with Crippen molar-refractivity contribution in [1.82, 2.24) is 0 Å². The van der Waals surface area contributed by atoms with Crippen LogP contribution in [-0.4, -0.2) is 19.2 Å². The van der Waals surface area contributed by atoms with Crippen LogP contribution < -0.4 is 0 Å². The van der Waals surface area contributed by atoms with E-state index in [0.29, 0.717) is 12.3 Å². The van der Waals surface area contributed by atoms with Crippen LogP contribution in [0.4, 0.5) is 0 Å². The van der Waals surface area contributed by atoms with Crippen LogP contribution in [-0.2, 0) is 14.3 Å². The number of nitriles is 1. The van der Waals surface area contributed by atoms with Crippen LogP contribution in [0, 0.1) is 17.4 Å². The van der Waals surface area contributed by atoms with E-state index in [2.05, 4.69) is 9.47 Å². The number of methoxy groups -OCH3 is 1. The molecule has 0 aliphatic carbocycles. The number of nitrogens with zero attached hydrogens (tertiary/aromatic N) is 1. The third-order valence-electron chi connectivity index (χ3n) is 1.34. The molecule has 0 aromatic heterocycles. The molecule has 0 bridgehead atoms. The zero-order valence-corrected chi connectivity index (χ0v) is 7.53. The van der Waals surface area contributed by atoms with Crippen LogP contribution in [0.5, 0.6) is 0 Å². The molecule has 0 aromatic carbocycles. The van der Waals surface area contributed by atoms with Gasteiger partial charge in [0.1, 0.15) is 0 Å². The molecule has 0 radical (unpaired) electrons. The topological polar surface area (TPSA) is 59.3 Å². The van der Waals surface area contributed by atoms with E-state index in [-0.39, 0.29) is 0 Å². The summed E-state index contributed by atoms with van der Waals surface area (Å²) >= 11 is 0.